The van der Waals surface area contributed by atoms with Crippen molar-refractivity contribution >= 4 is 28.9 Å². The van der Waals surface area contributed by atoms with Crippen LogP contribution < -0.4 is 10.1 Å². The Kier molecular flexibility index (Phi) is 4.24. The van der Waals surface area contributed by atoms with Gasteiger partial charge in [0.2, 0.25) is 0 Å². The molecule has 0 aliphatic carbocycles. The third kappa shape index (κ3) is 3.26. The smallest absolute Gasteiger partial charge is 0.189 e. The number of hydrogen-bond acceptors (Lipinski definition) is 3. The highest BCUT2D eigenvalue weighted by atomic mass is 35.5. The van der Waals surface area contributed by atoms with E-state index in [1.165, 1.54) is 0 Å². The Labute approximate surface area is 133 Å². The van der Waals surface area contributed by atoms with Gasteiger partial charge < -0.3 is 14.8 Å². The first-order chi connectivity index (χ1) is 10.1. The summed E-state index contributed by atoms with van der Waals surface area (Å²) in [5.41, 5.74) is 4.14. The van der Waals surface area contributed by atoms with E-state index in [1.54, 1.807) is 0 Å². The summed E-state index contributed by atoms with van der Waals surface area (Å²) in [5, 5.41) is 4.78. The maximum absolute atomic E-state index is 6.16. The zero-order chi connectivity index (χ0) is 14.8. The first-order valence-electron chi connectivity index (χ1n) is 6.65. The van der Waals surface area contributed by atoms with Crippen LogP contribution in [0.1, 0.15) is 16.7 Å². The summed E-state index contributed by atoms with van der Waals surface area (Å²) in [4.78, 5) is 0. The zero-order valence-corrected chi connectivity index (χ0v) is 13.1. The van der Waals surface area contributed by atoms with Crippen molar-refractivity contribution in [2.24, 2.45) is 0 Å². The van der Waals surface area contributed by atoms with Crippen LogP contribution in [0.25, 0.3) is 0 Å². The Morgan fingerprint density at radius 3 is 2.86 bits per heavy atom. The van der Waals surface area contributed by atoms with E-state index < -0.39 is 0 Å². The van der Waals surface area contributed by atoms with Gasteiger partial charge in [0.05, 0.1) is 6.61 Å². The lowest BCUT2D eigenvalue weighted by atomic mass is 10.1. The van der Waals surface area contributed by atoms with Gasteiger partial charge in [-0.1, -0.05) is 29.3 Å². The van der Waals surface area contributed by atoms with E-state index in [0.29, 0.717) is 23.2 Å². The molecule has 110 valence electrons. The molecule has 0 saturated carbocycles. The molecule has 0 unspecified atom stereocenters. The minimum absolute atomic E-state index is 0.276. The van der Waals surface area contributed by atoms with Gasteiger partial charge in [-0.15, -0.1) is 0 Å². The van der Waals surface area contributed by atoms with Crippen LogP contribution in [0.4, 0.5) is 5.69 Å². The lowest BCUT2D eigenvalue weighted by Gasteiger charge is -2.21. The molecule has 3 rings (SSSR count). The van der Waals surface area contributed by atoms with Gasteiger partial charge in [-0.25, -0.2) is 0 Å². The Morgan fingerprint density at radius 1 is 1.14 bits per heavy atom. The zero-order valence-electron chi connectivity index (χ0n) is 11.6. The molecule has 2 aromatic rings. The van der Waals surface area contributed by atoms with Crippen LogP contribution in [-0.4, -0.2) is 6.79 Å². The van der Waals surface area contributed by atoms with Crippen LogP contribution in [0.15, 0.2) is 30.3 Å². The minimum Gasteiger partial charge on any atom is -0.467 e. The van der Waals surface area contributed by atoms with Crippen LogP contribution in [0.5, 0.6) is 5.75 Å². The molecule has 0 fully saturated rings. The van der Waals surface area contributed by atoms with Gasteiger partial charge in [-0.3, -0.25) is 0 Å². The number of rotatable bonds is 3. The molecule has 3 nitrogen and oxygen atoms in total. The van der Waals surface area contributed by atoms with E-state index in [9.17, 15) is 0 Å². The second-order valence-corrected chi connectivity index (χ2v) is 5.85. The van der Waals surface area contributed by atoms with Crippen molar-refractivity contribution in [1.82, 2.24) is 0 Å². The molecular formula is C16H15Cl2NO2. The van der Waals surface area contributed by atoms with E-state index in [1.807, 2.05) is 37.3 Å². The van der Waals surface area contributed by atoms with E-state index in [0.717, 1.165) is 28.1 Å². The summed E-state index contributed by atoms with van der Waals surface area (Å²) in [6.07, 6.45) is 0. The first-order valence-corrected chi connectivity index (χ1v) is 7.41. The normalized spacial score (nSPS) is 13.5. The first kappa shape index (κ1) is 14.5. The summed E-state index contributed by atoms with van der Waals surface area (Å²) in [6.45, 7) is 3.46. The highest BCUT2D eigenvalue weighted by Gasteiger charge is 2.16. The fourth-order valence-corrected chi connectivity index (χ4v) is 2.80. The third-order valence-corrected chi connectivity index (χ3v) is 3.87. The van der Waals surface area contributed by atoms with Crippen molar-refractivity contribution < 1.29 is 9.47 Å². The van der Waals surface area contributed by atoms with E-state index in [2.05, 4.69) is 5.32 Å². The highest BCUT2D eigenvalue weighted by molar-refractivity contribution is 6.31. The van der Waals surface area contributed by atoms with Crippen molar-refractivity contribution in [1.29, 1.82) is 0 Å². The molecule has 0 atom stereocenters. The molecule has 1 N–H and O–H groups in total. The number of halogens is 2. The van der Waals surface area contributed by atoms with Crippen LogP contribution >= 0.6 is 23.2 Å². The number of hydrogen-bond donors (Lipinski definition) is 1. The standard InChI is InChI=1S/C16H15Cl2NO2/c1-10-2-3-13(17)6-15(10)19-7-11-4-14(18)5-12-8-20-9-21-16(11)12/h2-6,19H,7-9H2,1H3. The molecule has 0 bridgehead atoms. The number of ether oxygens (including phenoxy) is 2. The number of aryl methyl sites for hydroxylation is 1. The Balaban J connectivity index is 1.85. The molecule has 1 aliphatic rings. The minimum atomic E-state index is 0.276. The Morgan fingerprint density at radius 2 is 2.00 bits per heavy atom. The molecule has 2 aromatic carbocycles. The maximum Gasteiger partial charge on any atom is 0.189 e. The second kappa shape index (κ2) is 6.14. The molecule has 0 saturated heterocycles. The molecule has 1 aliphatic heterocycles. The topological polar surface area (TPSA) is 30.5 Å². The molecule has 0 amide bonds. The number of anilines is 1. The van der Waals surface area contributed by atoms with Gasteiger partial charge in [0, 0.05) is 33.4 Å². The Bertz CT molecular complexity index is 674. The summed E-state index contributed by atoms with van der Waals surface area (Å²) >= 11 is 12.2. The van der Waals surface area contributed by atoms with Gasteiger partial charge in [0.15, 0.2) is 6.79 Å². The molecule has 21 heavy (non-hydrogen) atoms. The summed E-state index contributed by atoms with van der Waals surface area (Å²) in [5.74, 6) is 0.859. The van der Waals surface area contributed by atoms with Gasteiger partial charge in [-0.2, -0.15) is 0 Å². The van der Waals surface area contributed by atoms with E-state index >= 15 is 0 Å². The van der Waals surface area contributed by atoms with E-state index in [4.69, 9.17) is 32.7 Å². The van der Waals surface area contributed by atoms with Gasteiger partial charge >= 0.3 is 0 Å². The molecule has 0 radical (unpaired) electrons. The highest BCUT2D eigenvalue weighted by Crippen LogP contribution is 2.32. The Hall–Kier alpha value is -1.42. The molecule has 0 spiro atoms. The number of benzene rings is 2. The molecule has 0 aromatic heterocycles. The van der Waals surface area contributed by atoms with Crippen LogP contribution in [0, 0.1) is 6.92 Å². The van der Waals surface area contributed by atoms with Gasteiger partial charge in [0.25, 0.3) is 0 Å². The lowest BCUT2D eigenvalue weighted by molar-refractivity contribution is -0.0169. The van der Waals surface area contributed by atoms with Gasteiger partial charge in [0.1, 0.15) is 5.75 Å². The lowest BCUT2D eigenvalue weighted by Crippen LogP contribution is -2.14. The van der Waals surface area contributed by atoms with Crippen LogP contribution in [0.3, 0.4) is 0 Å². The second-order valence-electron chi connectivity index (χ2n) is 4.98. The van der Waals surface area contributed by atoms with Crippen LogP contribution in [0.2, 0.25) is 10.0 Å². The predicted octanol–water partition coefficient (Wildman–Crippen LogP) is 4.78. The predicted molar refractivity (Wildman–Crippen MR) is 85.3 cm³/mol. The van der Waals surface area contributed by atoms with Crippen molar-refractivity contribution in [3.63, 3.8) is 0 Å². The van der Waals surface area contributed by atoms with Gasteiger partial charge in [-0.05, 0) is 36.8 Å². The van der Waals surface area contributed by atoms with Crippen molar-refractivity contribution in [2.45, 2.75) is 20.1 Å². The fourth-order valence-electron chi connectivity index (χ4n) is 2.36. The monoisotopic (exact) mass is 323 g/mol. The fraction of sp³-hybridized carbons (Fsp3) is 0.250. The quantitative estimate of drug-likeness (QED) is 0.881. The molecule has 1 heterocycles. The van der Waals surface area contributed by atoms with Crippen molar-refractivity contribution in [3.8, 4) is 5.75 Å². The summed E-state index contributed by atoms with van der Waals surface area (Å²) in [7, 11) is 0. The van der Waals surface area contributed by atoms with Crippen molar-refractivity contribution in [2.75, 3.05) is 12.1 Å². The number of fused-ring (bicyclic) bond motifs is 1. The summed E-state index contributed by atoms with van der Waals surface area (Å²) < 4.78 is 10.9. The average Bonchev–Trinajstić information content (AvgIpc) is 2.47. The van der Waals surface area contributed by atoms with Crippen molar-refractivity contribution in [3.05, 3.63) is 57.1 Å². The van der Waals surface area contributed by atoms with Crippen LogP contribution in [-0.2, 0) is 17.9 Å². The maximum atomic E-state index is 6.16. The average molecular weight is 324 g/mol. The molecule has 5 heteroatoms. The van der Waals surface area contributed by atoms with E-state index in [-0.39, 0.29) is 6.79 Å². The SMILES string of the molecule is Cc1ccc(Cl)cc1NCc1cc(Cl)cc2c1OCOC2. The summed E-state index contributed by atoms with van der Waals surface area (Å²) in [6, 6.07) is 9.58. The number of nitrogens with one attached hydrogen (secondary N) is 1. The largest absolute Gasteiger partial charge is 0.467 e. The third-order valence-electron chi connectivity index (χ3n) is 3.42. The molecular weight excluding hydrogens is 309 g/mol.